The lowest BCUT2D eigenvalue weighted by atomic mass is 10.1. The maximum Gasteiger partial charge on any atom is 0.267 e. The zero-order valence-corrected chi connectivity index (χ0v) is 7.22. The first kappa shape index (κ1) is 9.85. The van der Waals surface area contributed by atoms with E-state index in [9.17, 15) is 8.78 Å². The molecule has 1 rings (SSSR count). The van der Waals surface area contributed by atoms with Gasteiger partial charge in [0.15, 0.2) is 0 Å². The molecule has 0 saturated carbocycles. The predicted molar refractivity (Wildman–Crippen MR) is 46.2 cm³/mol. The molecule has 0 aromatic carbocycles. The van der Waals surface area contributed by atoms with Gasteiger partial charge in [0, 0.05) is 6.54 Å². The monoisotopic (exact) mass is 187 g/mol. The third kappa shape index (κ3) is 1.92. The number of aromatic nitrogens is 1. The lowest BCUT2D eigenvalue weighted by Crippen LogP contribution is -2.07. The molecule has 5 heteroatoms. The fourth-order valence-corrected chi connectivity index (χ4v) is 1.17. The summed E-state index contributed by atoms with van der Waals surface area (Å²) in [6.07, 6.45) is -2.58. The Morgan fingerprint density at radius 2 is 2.15 bits per heavy atom. The largest absolute Gasteiger partial charge is 0.383 e. The minimum atomic E-state index is -2.58. The van der Waals surface area contributed by atoms with E-state index in [1.165, 1.54) is 6.07 Å². The molecule has 0 aliphatic carbocycles. The quantitative estimate of drug-likeness (QED) is 0.734. The summed E-state index contributed by atoms with van der Waals surface area (Å²) in [6, 6.07) is 1.53. The van der Waals surface area contributed by atoms with Crippen molar-refractivity contribution in [1.82, 2.24) is 4.98 Å². The molecular formula is C8H11F2N3. The van der Waals surface area contributed by atoms with Crippen molar-refractivity contribution in [2.24, 2.45) is 5.73 Å². The number of nitrogen functional groups attached to an aromatic ring is 1. The van der Waals surface area contributed by atoms with E-state index in [1.807, 2.05) is 0 Å². The van der Waals surface area contributed by atoms with Crippen LogP contribution in [0.25, 0.3) is 0 Å². The second kappa shape index (κ2) is 3.66. The van der Waals surface area contributed by atoms with Crippen molar-refractivity contribution in [3.8, 4) is 0 Å². The Bertz CT molecular complexity index is 289. The molecule has 0 bridgehead atoms. The van der Waals surface area contributed by atoms with Crippen LogP contribution >= 0.6 is 0 Å². The summed E-state index contributed by atoms with van der Waals surface area (Å²) >= 11 is 0. The summed E-state index contributed by atoms with van der Waals surface area (Å²) in [5.41, 5.74) is 11.4. The van der Waals surface area contributed by atoms with Gasteiger partial charge >= 0.3 is 0 Å². The maximum absolute atomic E-state index is 12.4. The van der Waals surface area contributed by atoms with Crippen LogP contribution in [-0.2, 0) is 6.54 Å². The summed E-state index contributed by atoms with van der Waals surface area (Å²) in [7, 11) is 0. The topological polar surface area (TPSA) is 64.9 Å². The van der Waals surface area contributed by atoms with Crippen molar-refractivity contribution in [3.63, 3.8) is 0 Å². The number of aryl methyl sites for hydroxylation is 1. The van der Waals surface area contributed by atoms with Crippen molar-refractivity contribution in [1.29, 1.82) is 0 Å². The van der Waals surface area contributed by atoms with Crippen LogP contribution in [0.3, 0.4) is 0 Å². The Kier molecular flexibility index (Phi) is 2.77. The molecule has 0 radical (unpaired) electrons. The highest BCUT2D eigenvalue weighted by atomic mass is 19.3. The van der Waals surface area contributed by atoms with Gasteiger partial charge in [-0.05, 0) is 18.6 Å². The predicted octanol–water partition coefficient (Wildman–Crippen LogP) is 1.37. The van der Waals surface area contributed by atoms with Gasteiger partial charge in [-0.25, -0.2) is 13.8 Å². The van der Waals surface area contributed by atoms with E-state index >= 15 is 0 Å². The first-order chi connectivity index (χ1) is 6.06. The fraction of sp³-hybridized carbons (Fsp3) is 0.375. The molecule has 0 spiro atoms. The Hall–Kier alpha value is -1.23. The van der Waals surface area contributed by atoms with E-state index < -0.39 is 6.43 Å². The van der Waals surface area contributed by atoms with E-state index in [1.54, 1.807) is 6.92 Å². The zero-order chi connectivity index (χ0) is 10.0. The first-order valence-electron chi connectivity index (χ1n) is 3.80. The number of nitrogens with zero attached hydrogens (tertiary/aromatic N) is 1. The van der Waals surface area contributed by atoms with Gasteiger partial charge in [-0.3, -0.25) is 0 Å². The number of halogens is 2. The van der Waals surface area contributed by atoms with Crippen molar-refractivity contribution in [2.75, 3.05) is 5.73 Å². The van der Waals surface area contributed by atoms with E-state index in [2.05, 4.69) is 4.98 Å². The summed E-state index contributed by atoms with van der Waals surface area (Å²) in [5, 5.41) is 0. The molecular weight excluding hydrogens is 176 g/mol. The minimum absolute atomic E-state index is 0.129. The Morgan fingerprint density at radius 3 is 2.54 bits per heavy atom. The van der Waals surface area contributed by atoms with Crippen LogP contribution in [0.2, 0.25) is 0 Å². The Labute approximate surface area is 74.8 Å². The highest BCUT2D eigenvalue weighted by Crippen LogP contribution is 2.27. The molecule has 0 amide bonds. The number of pyridine rings is 1. The lowest BCUT2D eigenvalue weighted by Gasteiger charge is -2.09. The van der Waals surface area contributed by atoms with Crippen LogP contribution in [0.5, 0.6) is 0 Å². The van der Waals surface area contributed by atoms with Crippen LogP contribution in [0.1, 0.15) is 23.2 Å². The smallest absolute Gasteiger partial charge is 0.267 e. The third-order valence-electron chi connectivity index (χ3n) is 1.78. The second-order valence-corrected chi connectivity index (χ2v) is 2.73. The molecule has 1 heterocycles. The van der Waals surface area contributed by atoms with Crippen molar-refractivity contribution in [3.05, 3.63) is 22.9 Å². The zero-order valence-electron chi connectivity index (χ0n) is 7.22. The summed E-state index contributed by atoms with van der Waals surface area (Å²) in [4.78, 5) is 3.75. The number of alkyl halides is 2. The van der Waals surface area contributed by atoms with Crippen molar-refractivity contribution >= 4 is 5.82 Å². The van der Waals surface area contributed by atoms with Crippen molar-refractivity contribution < 1.29 is 8.78 Å². The molecule has 0 aliphatic heterocycles. The van der Waals surface area contributed by atoms with Crippen molar-refractivity contribution in [2.45, 2.75) is 19.9 Å². The summed E-state index contributed by atoms with van der Waals surface area (Å²) in [6.45, 7) is 1.77. The number of hydrogen-bond acceptors (Lipinski definition) is 3. The molecule has 1 aromatic heterocycles. The van der Waals surface area contributed by atoms with Gasteiger partial charge < -0.3 is 11.5 Å². The third-order valence-corrected chi connectivity index (χ3v) is 1.78. The Morgan fingerprint density at radius 1 is 1.54 bits per heavy atom. The lowest BCUT2D eigenvalue weighted by molar-refractivity contribution is 0.151. The number of anilines is 1. The number of hydrogen-bond donors (Lipinski definition) is 2. The summed E-state index contributed by atoms with van der Waals surface area (Å²) in [5.74, 6) is -0.129. The first-order valence-corrected chi connectivity index (χ1v) is 3.80. The molecule has 72 valence electrons. The molecule has 3 nitrogen and oxygen atoms in total. The normalized spacial score (nSPS) is 10.8. The number of nitrogens with two attached hydrogens (primary N) is 2. The van der Waals surface area contributed by atoms with Gasteiger partial charge in [-0.2, -0.15) is 0 Å². The fourth-order valence-electron chi connectivity index (χ4n) is 1.17. The maximum atomic E-state index is 12.4. The van der Waals surface area contributed by atoms with Gasteiger partial charge in [0.1, 0.15) is 5.82 Å². The standard InChI is InChI=1S/C8H11F2N3/c1-4-2-5(3-11)13-8(12)6(4)7(9)10/h2,7H,3,11H2,1H3,(H2,12,13). The second-order valence-electron chi connectivity index (χ2n) is 2.73. The highest BCUT2D eigenvalue weighted by Gasteiger charge is 2.16. The van der Waals surface area contributed by atoms with E-state index in [-0.39, 0.29) is 17.9 Å². The van der Waals surface area contributed by atoms with Gasteiger partial charge in [0.2, 0.25) is 0 Å². The molecule has 4 N–H and O–H groups in total. The average molecular weight is 187 g/mol. The minimum Gasteiger partial charge on any atom is -0.383 e. The van der Waals surface area contributed by atoms with Gasteiger partial charge in [0.25, 0.3) is 6.43 Å². The van der Waals surface area contributed by atoms with Crippen LogP contribution in [0, 0.1) is 6.92 Å². The van der Waals surface area contributed by atoms with Gasteiger partial charge in [0.05, 0.1) is 11.3 Å². The van der Waals surface area contributed by atoms with Crippen LogP contribution < -0.4 is 11.5 Å². The Balaban J connectivity index is 3.23. The molecule has 0 aliphatic rings. The molecule has 0 fully saturated rings. The molecule has 13 heavy (non-hydrogen) atoms. The van der Waals surface area contributed by atoms with Crippen LogP contribution in [0.4, 0.5) is 14.6 Å². The van der Waals surface area contributed by atoms with Crippen LogP contribution in [0.15, 0.2) is 6.07 Å². The highest BCUT2D eigenvalue weighted by molar-refractivity contribution is 5.46. The summed E-state index contributed by atoms with van der Waals surface area (Å²) < 4.78 is 24.7. The van der Waals surface area contributed by atoms with E-state index in [4.69, 9.17) is 11.5 Å². The average Bonchev–Trinajstić information content (AvgIpc) is 2.02. The molecule has 0 unspecified atom stereocenters. The van der Waals surface area contributed by atoms with Gasteiger partial charge in [-0.15, -0.1) is 0 Å². The van der Waals surface area contributed by atoms with Gasteiger partial charge in [-0.1, -0.05) is 0 Å². The molecule has 1 aromatic rings. The van der Waals surface area contributed by atoms with E-state index in [0.29, 0.717) is 11.3 Å². The molecule has 0 atom stereocenters. The van der Waals surface area contributed by atoms with Crippen LogP contribution in [-0.4, -0.2) is 4.98 Å². The SMILES string of the molecule is Cc1cc(CN)nc(N)c1C(F)F. The van der Waals surface area contributed by atoms with E-state index in [0.717, 1.165) is 0 Å². The molecule has 0 saturated heterocycles. The number of rotatable bonds is 2.